The van der Waals surface area contributed by atoms with Crippen LogP contribution in [0.15, 0.2) is 145 Å². The van der Waals surface area contributed by atoms with Gasteiger partial charge in [0.1, 0.15) is 0 Å². The van der Waals surface area contributed by atoms with Gasteiger partial charge in [-0.3, -0.25) is 4.98 Å². The van der Waals surface area contributed by atoms with Crippen LogP contribution in [0, 0.1) is 0 Å². The maximum atomic E-state index is 5.18. The van der Waals surface area contributed by atoms with Crippen molar-refractivity contribution >= 4 is 52.1 Å². The van der Waals surface area contributed by atoms with Gasteiger partial charge in [0.15, 0.2) is 0 Å². The molecule has 1 aliphatic carbocycles. The Morgan fingerprint density at radius 2 is 1.49 bits per heavy atom. The number of allylic oxidation sites excluding steroid dienone is 4. The molecule has 4 heterocycles. The number of nitrogens with zero attached hydrogens (tertiary/aromatic N) is 4. The van der Waals surface area contributed by atoms with Gasteiger partial charge in [-0.05, 0) is 93.1 Å². The van der Waals surface area contributed by atoms with E-state index in [-0.39, 0.29) is 5.41 Å². The molecule has 1 aromatic heterocycles. The Balaban J connectivity index is 1.32. The number of hydrogen-bond donors (Lipinski definition) is 0. The number of benzene rings is 4. The van der Waals surface area contributed by atoms with Crippen LogP contribution in [-0.4, -0.2) is 31.7 Å². The summed E-state index contributed by atoms with van der Waals surface area (Å²) in [5.41, 5.74) is 10.2. The fourth-order valence-corrected chi connectivity index (χ4v) is 13.7. The summed E-state index contributed by atoms with van der Waals surface area (Å²) in [4.78, 5) is 12.2. The standard InChI is InChI=1S/C42H38N4Si/c1-42(2)35-17-6-7-18-37(35)46(31-14-12-13-30(27-31)45-26-25-44(3)29-45)38-28-32(22-23-36(38)42)47(41-21-10-11-24-43-41)39-19-8-4-15-33(39)34-16-5-9-20-40(34)47/h4,6-8,10-28H,5,9,29H2,1-3H3. The molecule has 9 rings (SSSR count). The Bertz CT molecular complexity index is 2150. The lowest BCUT2D eigenvalue weighted by Crippen LogP contribution is -2.67. The van der Waals surface area contributed by atoms with Crippen molar-refractivity contribution in [3.63, 3.8) is 0 Å². The van der Waals surface area contributed by atoms with E-state index >= 15 is 0 Å². The number of aromatic nitrogens is 1. The fourth-order valence-electron chi connectivity index (χ4n) is 8.53. The van der Waals surface area contributed by atoms with Gasteiger partial charge in [-0.2, -0.15) is 0 Å². The minimum absolute atomic E-state index is 0.165. The molecule has 0 saturated heterocycles. The van der Waals surface area contributed by atoms with Gasteiger partial charge in [0, 0.05) is 47.8 Å². The zero-order valence-electron chi connectivity index (χ0n) is 27.2. The number of rotatable bonds is 4. The van der Waals surface area contributed by atoms with Gasteiger partial charge in [-0.25, -0.2) is 0 Å². The summed E-state index contributed by atoms with van der Waals surface area (Å²) in [5, 5.41) is 5.54. The van der Waals surface area contributed by atoms with Gasteiger partial charge in [-0.15, -0.1) is 0 Å². The molecule has 0 amide bonds. The molecular weight excluding hydrogens is 589 g/mol. The molecule has 0 bridgehead atoms. The molecule has 3 aliphatic heterocycles. The van der Waals surface area contributed by atoms with E-state index in [2.05, 4.69) is 163 Å². The van der Waals surface area contributed by atoms with Crippen LogP contribution in [-0.2, 0) is 5.41 Å². The summed E-state index contributed by atoms with van der Waals surface area (Å²) >= 11 is 0. The zero-order chi connectivity index (χ0) is 31.8. The second-order valence-electron chi connectivity index (χ2n) is 13.7. The number of pyridine rings is 1. The summed E-state index contributed by atoms with van der Waals surface area (Å²) in [6, 6.07) is 41.0. The SMILES string of the molecule is CN1C=CN(c2cccc(N3c4ccccc4C(C)(C)c4ccc([Si]5(c6ccccn6)C6=CCCC=C6c6ccccc65)cc43)c2)C1. The topological polar surface area (TPSA) is 22.6 Å². The first-order valence-electron chi connectivity index (χ1n) is 16.7. The van der Waals surface area contributed by atoms with Crippen molar-refractivity contribution in [2.45, 2.75) is 32.1 Å². The molecule has 0 N–H and O–H groups in total. The Morgan fingerprint density at radius 3 is 2.34 bits per heavy atom. The second-order valence-corrected chi connectivity index (χ2v) is 17.4. The molecule has 1 atom stereocenters. The molecule has 5 aromatic rings. The van der Waals surface area contributed by atoms with E-state index in [1.807, 2.05) is 12.3 Å². The Kier molecular flexibility index (Phi) is 6.25. The van der Waals surface area contributed by atoms with Crippen molar-refractivity contribution in [1.82, 2.24) is 9.88 Å². The van der Waals surface area contributed by atoms with E-state index in [0.717, 1.165) is 19.5 Å². The molecule has 4 nitrogen and oxygen atoms in total. The molecule has 230 valence electrons. The maximum Gasteiger partial charge on any atom is 0.202 e. The highest BCUT2D eigenvalue weighted by Crippen LogP contribution is 2.52. The lowest BCUT2D eigenvalue weighted by Gasteiger charge is -2.43. The fraction of sp³-hybridized carbons (Fsp3) is 0.167. The highest BCUT2D eigenvalue weighted by atomic mass is 28.3. The number of anilines is 4. The van der Waals surface area contributed by atoms with Crippen LogP contribution < -0.4 is 25.5 Å². The van der Waals surface area contributed by atoms with Crippen LogP contribution in [0.1, 0.15) is 43.4 Å². The maximum absolute atomic E-state index is 5.18. The van der Waals surface area contributed by atoms with Crippen molar-refractivity contribution in [3.8, 4) is 0 Å². The van der Waals surface area contributed by atoms with E-state index in [0.29, 0.717) is 0 Å². The monoisotopic (exact) mass is 626 g/mol. The molecule has 0 saturated carbocycles. The normalized spacial score (nSPS) is 20.3. The first-order chi connectivity index (χ1) is 23.0. The van der Waals surface area contributed by atoms with Crippen LogP contribution in [0.5, 0.6) is 0 Å². The molecule has 4 aromatic carbocycles. The Morgan fingerprint density at radius 1 is 0.702 bits per heavy atom. The summed E-state index contributed by atoms with van der Waals surface area (Å²) in [7, 11) is -0.586. The van der Waals surface area contributed by atoms with Crippen LogP contribution in [0.4, 0.5) is 22.7 Å². The number of hydrogen-bond acceptors (Lipinski definition) is 4. The predicted molar refractivity (Wildman–Crippen MR) is 198 cm³/mol. The average Bonchev–Trinajstić information content (AvgIpc) is 3.68. The summed E-state index contributed by atoms with van der Waals surface area (Å²) in [6.07, 6.45) is 13.5. The third-order valence-corrected chi connectivity index (χ3v) is 15.5. The first kappa shape index (κ1) is 28.1. The van der Waals surface area contributed by atoms with Crippen LogP contribution in [0.3, 0.4) is 0 Å². The Labute approximate surface area is 278 Å². The van der Waals surface area contributed by atoms with Crippen molar-refractivity contribution in [2.24, 2.45) is 0 Å². The molecule has 1 unspecified atom stereocenters. The molecule has 0 fully saturated rings. The van der Waals surface area contributed by atoms with Gasteiger partial charge >= 0.3 is 0 Å². The summed E-state index contributed by atoms with van der Waals surface area (Å²) in [6.45, 7) is 5.60. The van der Waals surface area contributed by atoms with Crippen molar-refractivity contribution in [1.29, 1.82) is 0 Å². The van der Waals surface area contributed by atoms with E-state index in [4.69, 9.17) is 4.98 Å². The minimum Gasteiger partial charge on any atom is -0.361 e. The highest BCUT2D eigenvalue weighted by molar-refractivity contribution is 7.18. The van der Waals surface area contributed by atoms with Gasteiger partial charge in [0.25, 0.3) is 0 Å². The average molecular weight is 627 g/mol. The van der Waals surface area contributed by atoms with Gasteiger partial charge in [0.05, 0.1) is 18.0 Å². The third-order valence-electron chi connectivity index (χ3n) is 10.7. The van der Waals surface area contributed by atoms with Crippen LogP contribution in [0.25, 0.3) is 5.57 Å². The summed E-state index contributed by atoms with van der Waals surface area (Å²) in [5.74, 6) is 0. The zero-order valence-corrected chi connectivity index (χ0v) is 28.2. The lowest BCUT2D eigenvalue weighted by molar-refractivity contribution is 0.496. The summed E-state index contributed by atoms with van der Waals surface area (Å²) < 4.78 is 0. The van der Waals surface area contributed by atoms with Crippen LogP contribution in [0.2, 0.25) is 0 Å². The first-order valence-corrected chi connectivity index (χ1v) is 18.7. The second kappa shape index (κ2) is 10.4. The lowest BCUT2D eigenvalue weighted by atomic mass is 9.73. The van der Waals surface area contributed by atoms with E-state index < -0.39 is 8.07 Å². The predicted octanol–water partition coefficient (Wildman–Crippen LogP) is 7.50. The number of para-hydroxylation sites is 1. The van der Waals surface area contributed by atoms with Gasteiger partial charge in [-0.1, -0.05) is 92.7 Å². The molecule has 47 heavy (non-hydrogen) atoms. The Hall–Kier alpha value is -5.13. The molecule has 0 radical (unpaired) electrons. The van der Waals surface area contributed by atoms with Gasteiger partial charge in [0.2, 0.25) is 8.07 Å². The third kappa shape index (κ3) is 4.02. The quantitative estimate of drug-likeness (QED) is 0.193. The van der Waals surface area contributed by atoms with Gasteiger partial charge < -0.3 is 14.7 Å². The number of fused-ring (bicyclic) bond motifs is 5. The molecule has 0 spiro atoms. The molecule has 5 heteroatoms. The van der Waals surface area contributed by atoms with Crippen LogP contribution >= 0.6 is 0 Å². The smallest absolute Gasteiger partial charge is 0.202 e. The minimum atomic E-state index is -2.70. The van der Waals surface area contributed by atoms with E-state index in [1.54, 1.807) is 0 Å². The molecular formula is C42H38N4Si. The molecule has 4 aliphatic rings. The highest BCUT2D eigenvalue weighted by Gasteiger charge is 2.52. The largest absolute Gasteiger partial charge is 0.361 e. The van der Waals surface area contributed by atoms with Crippen molar-refractivity contribution in [3.05, 3.63) is 162 Å². The van der Waals surface area contributed by atoms with Crippen molar-refractivity contribution < 1.29 is 0 Å². The van der Waals surface area contributed by atoms with E-state index in [1.165, 1.54) is 65.9 Å². The van der Waals surface area contributed by atoms with E-state index in [9.17, 15) is 0 Å². The van der Waals surface area contributed by atoms with Crippen molar-refractivity contribution in [2.75, 3.05) is 23.5 Å².